The first-order valence-corrected chi connectivity index (χ1v) is 7.24. The van der Waals surface area contributed by atoms with Crippen molar-refractivity contribution in [2.24, 2.45) is 5.73 Å². The Morgan fingerprint density at radius 3 is 2.35 bits per heavy atom. The Kier molecular flexibility index (Phi) is 6.21. The van der Waals surface area contributed by atoms with Gasteiger partial charge >= 0.3 is 0 Å². The van der Waals surface area contributed by atoms with Crippen molar-refractivity contribution in [3.05, 3.63) is 66.0 Å². The van der Waals surface area contributed by atoms with Gasteiger partial charge in [0.2, 0.25) is 0 Å². The minimum atomic E-state index is 0.705. The van der Waals surface area contributed by atoms with Gasteiger partial charge in [-0.05, 0) is 42.6 Å². The summed E-state index contributed by atoms with van der Waals surface area (Å²) >= 11 is 0. The molecule has 20 heavy (non-hydrogen) atoms. The first-order valence-electron chi connectivity index (χ1n) is 7.24. The van der Waals surface area contributed by atoms with Crippen LogP contribution in [0.4, 0.5) is 0 Å². The fourth-order valence-electron chi connectivity index (χ4n) is 2.35. The van der Waals surface area contributed by atoms with Crippen molar-refractivity contribution in [2.75, 3.05) is 19.6 Å². The molecule has 0 unspecified atom stereocenters. The molecule has 1 heterocycles. The van der Waals surface area contributed by atoms with Crippen LogP contribution < -0.4 is 5.73 Å². The van der Waals surface area contributed by atoms with Gasteiger partial charge in [-0.3, -0.25) is 9.88 Å². The second-order valence-electron chi connectivity index (χ2n) is 5.01. The predicted molar refractivity (Wildman–Crippen MR) is 83.3 cm³/mol. The summed E-state index contributed by atoms with van der Waals surface area (Å²) in [4.78, 5) is 6.47. The highest BCUT2D eigenvalue weighted by Gasteiger charge is 2.05. The van der Waals surface area contributed by atoms with Gasteiger partial charge in [-0.25, -0.2) is 0 Å². The summed E-state index contributed by atoms with van der Waals surface area (Å²) in [6, 6.07) is 14.8. The molecule has 0 radical (unpaired) electrons. The van der Waals surface area contributed by atoms with Crippen molar-refractivity contribution >= 4 is 0 Å². The summed E-state index contributed by atoms with van der Waals surface area (Å²) in [5.41, 5.74) is 8.42. The third-order valence-corrected chi connectivity index (χ3v) is 3.38. The zero-order valence-electron chi connectivity index (χ0n) is 11.9. The molecule has 2 aromatic rings. The van der Waals surface area contributed by atoms with Gasteiger partial charge in [0.15, 0.2) is 0 Å². The average molecular weight is 269 g/mol. The Bertz CT molecular complexity index is 470. The van der Waals surface area contributed by atoms with Crippen LogP contribution in [-0.2, 0) is 13.0 Å². The fraction of sp³-hybridized carbons (Fsp3) is 0.353. The van der Waals surface area contributed by atoms with Gasteiger partial charge in [0, 0.05) is 32.0 Å². The number of aromatic nitrogens is 1. The number of pyridine rings is 1. The van der Waals surface area contributed by atoms with Gasteiger partial charge in [0.05, 0.1) is 0 Å². The van der Waals surface area contributed by atoms with E-state index < -0.39 is 0 Å². The van der Waals surface area contributed by atoms with Gasteiger partial charge in [0.25, 0.3) is 0 Å². The molecular weight excluding hydrogens is 246 g/mol. The Labute approximate surface area is 121 Å². The lowest BCUT2D eigenvalue weighted by atomic mass is 10.1. The zero-order chi connectivity index (χ0) is 14.0. The number of nitrogens with two attached hydrogens (primary N) is 1. The third-order valence-electron chi connectivity index (χ3n) is 3.38. The second-order valence-corrected chi connectivity index (χ2v) is 5.01. The van der Waals surface area contributed by atoms with E-state index in [0.29, 0.717) is 6.54 Å². The molecule has 2 N–H and O–H groups in total. The van der Waals surface area contributed by atoms with E-state index in [0.717, 1.165) is 32.5 Å². The number of aryl methyl sites for hydroxylation is 1. The summed E-state index contributed by atoms with van der Waals surface area (Å²) in [6.45, 7) is 3.68. The minimum absolute atomic E-state index is 0.705. The highest BCUT2D eigenvalue weighted by atomic mass is 15.1. The van der Waals surface area contributed by atoms with Crippen molar-refractivity contribution in [3.63, 3.8) is 0 Å². The van der Waals surface area contributed by atoms with Crippen LogP contribution in [0.1, 0.15) is 17.5 Å². The maximum Gasteiger partial charge on any atom is 0.0271 e. The topological polar surface area (TPSA) is 42.1 Å². The maximum atomic E-state index is 5.71. The largest absolute Gasteiger partial charge is 0.329 e. The first kappa shape index (κ1) is 14.7. The monoisotopic (exact) mass is 269 g/mol. The van der Waals surface area contributed by atoms with E-state index in [1.165, 1.54) is 11.1 Å². The molecule has 0 saturated carbocycles. The van der Waals surface area contributed by atoms with Crippen molar-refractivity contribution in [2.45, 2.75) is 19.4 Å². The highest BCUT2D eigenvalue weighted by molar-refractivity contribution is 5.14. The van der Waals surface area contributed by atoms with Crippen molar-refractivity contribution in [1.82, 2.24) is 9.88 Å². The average Bonchev–Trinajstić information content (AvgIpc) is 2.49. The third kappa shape index (κ3) is 5.11. The standard InChI is InChI=1S/C17H23N3/c18-10-14-20(15-17-8-11-19-12-9-17)13-4-7-16-5-2-1-3-6-16/h1-3,5-6,8-9,11-12H,4,7,10,13-15,18H2. The van der Waals surface area contributed by atoms with Crippen LogP contribution in [-0.4, -0.2) is 29.5 Å². The van der Waals surface area contributed by atoms with Crippen molar-refractivity contribution < 1.29 is 0 Å². The maximum absolute atomic E-state index is 5.71. The van der Waals surface area contributed by atoms with Crippen LogP contribution in [0.2, 0.25) is 0 Å². The zero-order valence-corrected chi connectivity index (χ0v) is 11.9. The van der Waals surface area contributed by atoms with Gasteiger partial charge in [-0.2, -0.15) is 0 Å². The molecule has 1 aromatic carbocycles. The molecule has 106 valence electrons. The molecule has 1 aromatic heterocycles. The number of hydrogen-bond donors (Lipinski definition) is 1. The Hall–Kier alpha value is -1.71. The SMILES string of the molecule is NCCN(CCCc1ccccc1)Cc1ccncc1. The molecule has 0 aliphatic rings. The van der Waals surface area contributed by atoms with E-state index in [1.807, 2.05) is 12.4 Å². The summed E-state index contributed by atoms with van der Waals surface area (Å²) in [5, 5.41) is 0. The lowest BCUT2D eigenvalue weighted by Gasteiger charge is -2.21. The molecule has 0 aliphatic heterocycles. The molecule has 3 heteroatoms. The summed E-state index contributed by atoms with van der Waals surface area (Å²) in [5.74, 6) is 0. The molecular formula is C17H23N3. The highest BCUT2D eigenvalue weighted by Crippen LogP contribution is 2.07. The van der Waals surface area contributed by atoms with E-state index in [-0.39, 0.29) is 0 Å². The smallest absolute Gasteiger partial charge is 0.0271 e. The van der Waals surface area contributed by atoms with Gasteiger partial charge in [-0.1, -0.05) is 30.3 Å². The van der Waals surface area contributed by atoms with Crippen LogP contribution in [0.25, 0.3) is 0 Å². The summed E-state index contributed by atoms with van der Waals surface area (Å²) in [6.07, 6.45) is 5.98. The van der Waals surface area contributed by atoms with Crippen LogP contribution in [0.3, 0.4) is 0 Å². The lowest BCUT2D eigenvalue weighted by Crippen LogP contribution is -2.30. The molecule has 0 saturated heterocycles. The van der Waals surface area contributed by atoms with Gasteiger partial charge < -0.3 is 5.73 Å². The Morgan fingerprint density at radius 2 is 1.65 bits per heavy atom. The quantitative estimate of drug-likeness (QED) is 0.800. The summed E-state index contributed by atoms with van der Waals surface area (Å²) in [7, 11) is 0. The Balaban J connectivity index is 1.80. The van der Waals surface area contributed by atoms with Gasteiger partial charge in [0.1, 0.15) is 0 Å². The van der Waals surface area contributed by atoms with Crippen LogP contribution in [0, 0.1) is 0 Å². The summed E-state index contributed by atoms with van der Waals surface area (Å²) < 4.78 is 0. The molecule has 0 amide bonds. The molecule has 0 aliphatic carbocycles. The fourth-order valence-corrected chi connectivity index (χ4v) is 2.35. The van der Waals surface area contributed by atoms with E-state index in [1.54, 1.807) is 0 Å². The first-order chi connectivity index (χ1) is 9.88. The van der Waals surface area contributed by atoms with Crippen LogP contribution in [0.5, 0.6) is 0 Å². The molecule has 3 nitrogen and oxygen atoms in total. The molecule has 0 atom stereocenters. The Morgan fingerprint density at radius 1 is 0.900 bits per heavy atom. The predicted octanol–water partition coefficient (Wildman–Crippen LogP) is 2.48. The van der Waals surface area contributed by atoms with E-state index in [9.17, 15) is 0 Å². The number of benzene rings is 1. The lowest BCUT2D eigenvalue weighted by molar-refractivity contribution is 0.269. The number of nitrogens with zero attached hydrogens (tertiary/aromatic N) is 2. The van der Waals surface area contributed by atoms with Gasteiger partial charge in [-0.15, -0.1) is 0 Å². The minimum Gasteiger partial charge on any atom is -0.329 e. The van der Waals surface area contributed by atoms with Crippen molar-refractivity contribution in [3.8, 4) is 0 Å². The van der Waals surface area contributed by atoms with E-state index >= 15 is 0 Å². The molecule has 2 rings (SSSR count). The van der Waals surface area contributed by atoms with E-state index in [2.05, 4.69) is 52.3 Å². The molecule has 0 bridgehead atoms. The molecule has 0 spiro atoms. The van der Waals surface area contributed by atoms with Crippen molar-refractivity contribution in [1.29, 1.82) is 0 Å². The second kappa shape index (κ2) is 8.46. The van der Waals surface area contributed by atoms with E-state index in [4.69, 9.17) is 5.73 Å². The number of rotatable bonds is 8. The normalized spacial score (nSPS) is 10.9. The number of hydrogen-bond acceptors (Lipinski definition) is 3. The van der Waals surface area contributed by atoms with Crippen LogP contribution in [0.15, 0.2) is 54.9 Å². The molecule has 0 fully saturated rings. The van der Waals surface area contributed by atoms with Crippen LogP contribution >= 0.6 is 0 Å².